The van der Waals surface area contributed by atoms with Crippen LogP contribution in [0, 0.1) is 20.8 Å². The van der Waals surface area contributed by atoms with Gasteiger partial charge < -0.3 is 4.74 Å². The van der Waals surface area contributed by atoms with Crippen LogP contribution < -0.4 is 4.72 Å². The van der Waals surface area contributed by atoms with Crippen LogP contribution in [0.5, 0.6) is 0 Å². The zero-order chi connectivity index (χ0) is 16.9. The monoisotopic (exact) mass is 333 g/mol. The maximum atomic E-state index is 12.1. The van der Waals surface area contributed by atoms with Crippen LogP contribution in [0.15, 0.2) is 47.4 Å². The zero-order valence-corrected chi connectivity index (χ0v) is 14.6. The fraction of sp³-hybridized carbons (Fsp3) is 0.333. The van der Waals surface area contributed by atoms with Crippen molar-refractivity contribution in [3.8, 4) is 0 Å². The van der Waals surface area contributed by atoms with Gasteiger partial charge in [0, 0.05) is 6.54 Å². The minimum Gasteiger partial charge on any atom is -0.375 e. The first kappa shape index (κ1) is 17.7. The fourth-order valence-corrected chi connectivity index (χ4v) is 3.15. The van der Waals surface area contributed by atoms with E-state index in [4.69, 9.17) is 4.74 Å². The summed E-state index contributed by atoms with van der Waals surface area (Å²) in [5.74, 6) is 0. The highest BCUT2D eigenvalue weighted by Gasteiger charge is 2.12. The Hall–Kier alpha value is -1.69. The van der Waals surface area contributed by atoms with Crippen LogP contribution in [-0.2, 0) is 21.4 Å². The van der Waals surface area contributed by atoms with Gasteiger partial charge in [-0.25, -0.2) is 13.1 Å². The van der Waals surface area contributed by atoms with Crippen molar-refractivity contribution in [1.82, 2.24) is 4.72 Å². The Labute approximate surface area is 138 Å². The Kier molecular flexibility index (Phi) is 5.93. The summed E-state index contributed by atoms with van der Waals surface area (Å²) in [5.41, 5.74) is 4.60. The molecule has 23 heavy (non-hydrogen) atoms. The highest BCUT2D eigenvalue weighted by atomic mass is 32.2. The molecule has 0 amide bonds. The summed E-state index contributed by atoms with van der Waals surface area (Å²) in [7, 11) is -3.46. The molecular weight excluding hydrogens is 310 g/mol. The molecule has 1 N–H and O–H groups in total. The van der Waals surface area contributed by atoms with E-state index in [1.807, 2.05) is 13.0 Å². The van der Waals surface area contributed by atoms with Gasteiger partial charge in [-0.15, -0.1) is 0 Å². The van der Waals surface area contributed by atoms with Gasteiger partial charge in [0.15, 0.2) is 0 Å². The summed E-state index contributed by atoms with van der Waals surface area (Å²) >= 11 is 0. The Bertz CT molecular complexity index is 752. The van der Waals surface area contributed by atoms with Crippen molar-refractivity contribution in [1.29, 1.82) is 0 Å². The van der Waals surface area contributed by atoms with Crippen molar-refractivity contribution < 1.29 is 13.2 Å². The van der Waals surface area contributed by atoms with Crippen LogP contribution in [-0.4, -0.2) is 21.6 Å². The van der Waals surface area contributed by atoms with Crippen LogP contribution in [0.3, 0.4) is 0 Å². The predicted octanol–water partition coefficient (Wildman–Crippen LogP) is 3.11. The van der Waals surface area contributed by atoms with E-state index in [2.05, 4.69) is 30.7 Å². The second-order valence-electron chi connectivity index (χ2n) is 5.68. The standard InChI is InChI=1S/C18H23NO3S/c1-14-4-8-18(9-5-14)23(20,21)19-10-11-22-13-17-7-6-15(2)16(3)12-17/h4-9,12,19H,10-11,13H2,1-3H3. The largest absolute Gasteiger partial charge is 0.375 e. The minimum atomic E-state index is -3.46. The summed E-state index contributed by atoms with van der Waals surface area (Å²) in [4.78, 5) is 0.275. The van der Waals surface area contributed by atoms with Crippen LogP contribution in [0.2, 0.25) is 0 Å². The Morgan fingerprint density at radius 3 is 2.30 bits per heavy atom. The van der Waals surface area contributed by atoms with Crippen molar-refractivity contribution in [3.05, 3.63) is 64.7 Å². The van der Waals surface area contributed by atoms with Crippen molar-refractivity contribution in [2.45, 2.75) is 32.3 Å². The lowest BCUT2D eigenvalue weighted by molar-refractivity contribution is 0.126. The number of hydrogen-bond donors (Lipinski definition) is 1. The third-order valence-corrected chi connectivity index (χ3v) is 5.19. The van der Waals surface area contributed by atoms with Crippen molar-refractivity contribution >= 4 is 10.0 Å². The topological polar surface area (TPSA) is 55.4 Å². The van der Waals surface area contributed by atoms with Gasteiger partial charge in [-0.2, -0.15) is 0 Å². The minimum absolute atomic E-state index is 0.251. The molecule has 0 aliphatic rings. The summed E-state index contributed by atoms with van der Waals surface area (Å²) in [6.45, 7) is 7.12. The van der Waals surface area contributed by atoms with Gasteiger partial charge in [-0.3, -0.25) is 0 Å². The van der Waals surface area contributed by atoms with E-state index in [0.29, 0.717) is 13.2 Å². The first-order valence-corrected chi connectivity index (χ1v) is 9.07. The molecule has 0 aliphatic carbocycles. The van der Waals surface area contributed by atoms with Gasteiger partial charge in [0.25, 0.3) is 0 Å². The second kappa shape index (κ2) is 7.73. The number of nitrogens with one attached hydrogen (secondary N) is 1. The van der Waals surface area contributed by atoms with E-state index >= 15 is 0 Å². The maximum absolute atomic E-state index is 12.1. The van der Waals surface area contributed by atoms with E-state index in [9.17, 15) is 8.42 Å². The Morgan fingerprint density at radius 2 is 1.65 bits per heavy atom. The fourth-order valence-electron chi connectivity index (χ4n) is 2.13. The van der Waals surface area contributed by atoms with Gasteiger partial charge in [0.1, 0.15) is 0 Å². The van der Waals surface area contributed by atoms with Crippen LogP contribution >= 0.6 is 0 Å². The molecule has 0 spiro atoms. The van der Waals surface area contributed by atoms with E-state index in [0.717, 1.165) is 11.1 Å². The van der Waals surface area contributed by atoms with E-state index in [1.54, 1.807) is 24.3 Å². The number of ether oxygens (including phenoxy) is 1. The molecule has 124 valence electrons. The molecule has 0 atom stereocenters. The Balaban J connectivity index is 1.78. The molecular formula is C18H23NO3S. The van der Waals surface area contributed by atoms with Gasteiger partial charge in [0.05, 0.1) is 18.1 Å². The Morgan fingerprint density at radius 1 is 0.957 bits per heavy atom. The molecule has 0 heterocycles. The first-order chi connectivity index (χ1) is 10.9. The molecule has 0 radical (unpaired) electrons. The van der Waals surface area contributed by atoms with Gasteiger partial charge in [-0.05, 0) is 49.6 Å². The molecule has 0 aromatic heterocycles. The van der Waals surface area contributed by atoms with E-state index in [1.165, 1.54) is 11.1 Å². The second-order valence-corrected chi connectivity index (χ2v) is 7.45. The summed E-state index contributed by atoms with van der Waals surface area (Å²) < 4.78 is 32.3. The van der Waals surface area contributed by atoms with Crippen molar-refractivity contribution in [3.63, 3.8) is 0 Å². The molecule has 0 saturated carbocycles. The smallest absolute Gasteiger partial charge is 0.240 e. The van der Waals surface area contributed by atoms with Crippen molar-refractivity contribution in [2.24, 2.45) is 0 Å². The quantitative estimate of drug-likeness (QED) is 0.792. The van der Waals surface area contributed by atoms with Crippen LogP contribution in [0.4, 0.5) is 0 Å². The van der Waals surface area contributed by atoms with Crippen LogP contribution in [0.1, 0.15) is 22.3 Å². The highest BCUT2D eigenvalue weighted by Crippen LogP contribution is 2.11. The molecule has 4 nitrogen and oxygen atoms in total. The van der Waals surface area contributed by atoms with E-state index in [-0.39, 0.29) is 11.4 Å². The SMILES string of the molecule is Cc1ccc(S(=O)(=O)NCCOCc2ccc(C)c(C)c2)cc1. The van der Waals surface area contributed by atoms with Crippen LogP contribution in [0.25, 0.3) is 0 Å². The molecule has 0 bridgehead atoms. The summed E-state index contributed by atoms with van der Waals surface area (Å²) in [6, 6.07) is 13.0. The average Bonchev–Trinajstić information content (AvgIpc) is 2.51. The maximum Gasteiger partial charge on any atom is 0.240 e. The predicted molar refractivity (Wildman–Crippen MR) is 91.9 cm³/mol. The molecule has 0 aliphatic heterocycles. The molecule has 2 aromatic rings. The summed E-state index contributed by atoms with van der Waals surface area (Å²) in [6.07, 6.45) is 0. The average molecular weight is 333 g/mol. The number of rotatable bonds is 7. The third-order valence-electron chi connectivity index (χ3n) is 3.71. The number of aryl methyl sites for hydroxylation is 3. The molecule has 5 heteroatoms. The van der Waals surface area contributed by atoms with Gasteiger partial charge in [0.2, 0.25) is 10.0 Å². The molecule has 0 unspecified atom stereocenters. The molecule has 2 rings (SSSR count). The third kappa shape index (κ3) is 5.16. The molecule has 2 aromatic carbocycles. The van der Waals surface area contributed by atoms with E-state index < -0.39 is 10.0 Å². The summed E-state index contributed by atoms with van der Waals surface area (Å²) in [5, 5.41) is 0. The lowest BCUT2D eigenvalue weighted by atomic mass is 10.1. The lowest BCUT2D eigenvalue weighted by Gasteiger charge is -2.09. The lowest BCUT2D eigenvalue weighted by Crippen LogP contribution is -2.27. The van der Waals surface area contributed by atoms with Gasteiger partial charge >= 0.3 is 0 Å². The number of benzene rings is 2. The van der Waals surface area contributed by atoms with Gasteiger partial charge in [-0.1, -0.05) is 35.9 Å². The molecule has 0 fully saturated rings. The normalized spacial score (nSPS) is 11.6. The number of hydrogen-bond acceptors (Lipinski definition) is 3. The zero-order valence-electron chi connectivity index (χ0n) is 13.8. The first-order valence-electron chi connectivity index (χ1n) is 7.59. The van der Waals surface area contributed by atoms with Crippen molar-refractivity contribution in [2.75, 3.05) is 13.2 Å². The number of sulfonamides is 1. The highest BCUT2D eigenvalue weighted by molar-refractivity contribution is 7.89. The molecule has 0 saturated heterocycles.